The lowest BCUT2D eigenvalue weighted by Crippen LogP contribution is -2.37. The summed E-state index contributed by atoms with van der Waals surface area (Å²) in [6.07, 6.45) is 10.1. The highest BCUT2D eigenvalue weighted by Gasteiger charge is 2.25. The van der Waals surface area contributed by atoms with Gasteiger partial charge in [-0.3, -0.25) is 9.69 Å². The highest BCUT2D eigenvalue weighted by molar-refractivity contribution is 5.25. The number of aromatic nitrogens is 3. The number of nitrogens with zero attached hydrogens (tertiary/aromatic N) is 4. The summed E-state index contributed by atoms with van der Waals surface area (Å²) in [5, 5.41) is 8.99. The lowest BCUT2D eigenvalue weighted by atomic mass is 9.94. The number of aryl methyl sites for hydroxylation is 3. The normalized spacial score (nSPS) is 20.6. The van der Waals surface area contributed by atoms with E-state index >= 15 is 0 Å². The van der Waals surface area contributed by atoms with E-state index in [2.05, 4.69) is 15.2 Å². The molecule has 0 bridgehead atoms. The van der Waals surface area contributed by atoms with Gasteiger partial charge in [-0.15, -0.1) is 0 Å². The molecule has 0 aromatic carbocycles. The molecule has 1 fully saturated rings. The Kier molecular flexibility index (Phi) is 4.60. The molecule has 1 saturated heterocycles. The number of hydrogen-bond donors (Lipinski definition) is 0. The molecule has 0 unspecified atom stereocenters. The Morgan fingerprint density at radius 1 is 1.07 bits per heavy atom. The van der Waals surface area contributed by atoms with Gasteiger partial charge < -0.3 is 4.52 Å². The molecule has 0 spiro atoms. The minimum atomic E-state index is 0.0762. The summed E-state index contributed by atoms with van der Waals surface area (Å²) in [5.41, 5.74) is 4.91. The quantitative estimate of drug-likeness (QED) is 0.830. The average molecular weight is 368 g/mol. The maximum atomic E-state index is 12.3. The second-order valence-corrected chi connectivity index (χ2v) is 8.45. The predicted octanol–water partition coefficient (Wildman–Crippen LogP) is 2.51. The highest BCUT2D eigenvalue weighted by Crippen LogP contribution is 2.27. The molecule has 2 aliphatic carbocycles. The van der Waals surface area contributed by atoms with Gasteiger partial charge in [-0.2, -0.15) is 5.10 Å². The molecule has 0 N–H and O–H groups in total. The Hall–Kier alpha value is -1.95. The fourth-order valence-corrected chi connectivity index (χ4v) is 4.93. The van der Waals surface area contributed by atoms with Crippen molar-refractivity contribution >= 4 is 0 Å². The van der Waals surface area contributed by atoms with Crippen LogP contribution in [0.15, 0.2) is 15.4 Å². The molecule has 2 aromatic heterocycles. The summed E-state index contributed by atoms with van der Waals surface area (Å²) >= 11 is 0. The fourth-order valence-electron chi connectivity index (χ4n) is 4.93. The first-order valence-corrected chi connectivity index (χ1v) is 10.5. The van der Waals surface area contributed by atoms with Crippen molar-refractivity contribution in [1.82, 2.24) is 19.8 Å². The third-order valence-electron chi connectivity index (χ3n) is 6.57. The van der Waals surface area contributed by atoms with Gasteiger partial charge >= 0.3 is 0 Å². The van der Waals surface area contributed by atoms with Crippen LogP contribution in [0, 0.1) is 5.92 Å². The van der Waals surface area contributed by atoms with E-state index in [-0.39, 0.29) is 5.56 Å². The average Bonchev–Trinajstić information content (AvgIpc) is 3.30. The molecule has 27 heavy (non-hydrogen) atoms. The fraction of sp³-hybridized carbons (Fsp3) is 0.667. The largest absolute Gasteiger partial charge is 0.361 e. The number of piperidine rings is 1. The number of fused-ring (bicyclic) bond motifs is 2. The zero-order valence-electron chi connectivity index (χ0n) is 16.0. The van der Waals surface area contributed by atoms with Crippen molar-refractivity contribution in [3.63, 3.8) is 0 Å². The third kappa shape index (κ3) is 3.47. The molecule has 0 amide bonds. The van der Waals surface area contributed by atoms with Gasteiger partial charge in [-0.25, -0.2) is 4.68 Å². The number of likely N-dealkylation sites (tertiary alicyclic amines) is 1. The maximum absolute atomic E-state index is 12.3. The summed E-state index contributed by atoms with van der Waals surface area (Å²) in [6.45, 7) is 3.79. The van der Waals surface area contributed by atoms with E-state index in [1.54, 1.807) is 4.68 Å². The zero-order chi connectivity index (χ0) is 18.2. The van der Waals surface area contributed by atoms with E-state index in [0.717, 1.165) is 88.3 Å². The SMILES string of the molecule is O=c1cc2c(nn1CC1CCN(Cc3noc4c3CCCC4)CC1)CCC2. The van der Waals surface area contributed by atoms with Gasteiger partial charge in [0.05, 0.1) is 5.69 Å². The van der Waals surface area contributed by atoms with Crippen LogP contribution in [0.5, 0.6) is 0 Å². The van der Waals surface area contributed by atoms with Gasteiger partial charge in [-0.1, -0.05) is 5.16 Å². The topological polar surface area (TPSA) is 64.2 Å². The Labute approximate surface area is 159 Å². The molecule has 1 aliphatic heterocycles. The van der Waals surface area contributed by atoms with Gasteiger partial charge in [0, 0.05) is 31.1 Å². The van der Waals surface area contributed by atoms with Crippen LogP contribution >= 0.6 is 0 Å². The molecule has 3 aliphatic rings. The van der Waals surface area contributed by atoms with E-state index < -0.39 is 0 Å². The molecule has 6 nitrogen and oxygen atoms in total. The van der Waals surface area contributed by atoms with Crippen LogP contribution in [-0.2, 0) is 38.8 Å². The second-order valence-electron chi connectivity index (χ2n) is 8.45. The molecule has 5 rings (SSSR count). The first kappa shape index (κ1) is 17.2. The van der Waals surface area contributed by atoms with Gasteiger partial charge in [0.25, 0.3) is 5.56 Å². The summed E-state index contributed by atoms with van der Waals surface area (Å²) < 4.78 is 7.28. The molecule has 6 heteroatoms. The van der Waals surface area contributed by atoms with Crippen LogP contribution in [0.3, 0.4) is 0 Å². The first-order valence-electron chi connectivity index (χ1n) is 10.5. The Morgan fingerprint density at radius 2 is 1.93 bits per heavy atom. The molecule has 2 aromatic rings. The summed E-state index contributed by atoms with van der Waals surface area (Å²) in [5.74, 6) is 1.66. The standard InChI is InChI=1S/C21H28N4O2/c26-21-12-16-4-3-6-18(16)22-25(21)13-15-8-10-24(11-9-15)14-19-17-5-1-2-7-20(17)27-23-19/h12,15H,1-11,13-14H2. The van der Waals surface area contributed by atoms with Gasteiger partial charge in [0.1, 0.15) is 11.5 Å². The number of hydrogen-bond acceptors (Lipinski definition) is 5. The van der Waals surface area contributed by atoms with Crippen LogP contribution in [0.4, 0.5) is 0 Å². The second kappa shape index (κ2) is 7.23. The van der Waals surface area contributed by atoms with E-state index in [1.165, 1.54) is 24.0 Å². The van der Waals surface area contributed by atoms with Crippen molar-refractivity contribution in [3.05, 3.63) is 44.7 Å². The van der Waals surface area contributed by atoms with Crippen molar-refractivity contribution in [2.75, 3.05) is 13.1 Å². The molecule has 0 radical (unpaired) electrons. The predicted molar refractivity (Wildman–Crippen MR) is 102 cm³/mol. The Morgan fingerprint density at radius 3 is 2.81 bits per heavy atom. The molecule has 0 atom stereocenters. The molecule has 0 saturated carbocycles. The van der Waals surface area contributed by atoms with Crippen LogP contribution in [0.25, 0.3) is 0 Å². The molecule has 144 valence electrons. The lowest BCUT2D eigenvalue weighted by molar-refractivity contribution is 0.160. The lowest BCUT2D eigenvalue weighted by Gasteiger charge is -2.31. The van der Waals surface area contributed by atoms with Crippen molar-refractivity contribution in [2.24, 2.45) is 5.92 Å². The van der Waals surface area contributed by atoms with E-state index in [9.17, 15) is 4.79 Å². The highest BCUT2D eigenvalue weighted by atomic mass is 16.5. The zero-order valence-corrected chi connectivity index (χ0v) is 16.0. The minimum absolute atomic E-state index is 0.0762. The van der Waals surface area contributed by atoms with Crippen LogP contribution in [0.2, 0.25) is 0 Å². The van der Waals surface area contributed by atoms with E-state index in [1.807, 2.05) is 6.07 Å². The van der Waals surface area contributed by atoms with Crippen LogP contribution in [-0.4, -0.2) is 32.9 Å². The van der Waals surface area contributed by atoms with Crippen molar-refractivity contribution in [1.29, 1.82) is 0 Å². The first-order chi connectivity index (χ1) is 13.3. The summed E-state index contributed by atoms with van der Waals surface area (Å²) in [4.78, 5) is 14.8. The summed E-state index contributed by atoms with van der Waals surface area (Å²) in [7, 11) is 0. The van der Waals surface area contributed by atoms with Crippen LogP contribution in [0.1, 0.15) is 60.4 Å². The maximum Gasteiger partial charge on any atom is 0.267 e. The Bertz CT molecular complexity index is 877. The molecular formula is C21H28N4O2. The number of rotatable bonds is 4. The Balaban J connectivity index is 1.19. The minimum Gasteiger partial charge on any atom is -0.361 e. The molecular weight excluding hydrogens is 340 g/mol. The molecule has 3 heterocycles. The van der Waals surface area contributed by atoms with E-state index in [4.69, 9.17) is 4.52 Å². The van der Waals surface area contributed by atoms with Crippen molar-refractivity contribution in [3.8, 4) is 0 Å². The van der Waals surface area contributed by atoms with Gasteiger partial charge in [0.2, 0.25) is 0 Å². The summed E-state index contributed by atoms with van der Waals surface area (Å²) in [6, 6.07) is 1.82. The van der Waals surface area contributed by atoms with Crippen molar-refractivity contribution in [2.45, 2.75) is 70.9 Å². The van der Waals surface area contributed by atoms with Gasteiger partial charge in [-0.05, 0) is 75.9 Å². The third-order valence-corrected chi connectivity index (χ3v) is 6.57. The van der Waals surface area contributed by atoms with Crippen LogP contribution < -0.4 is 5.56 Å². The van der Waals surface area contributed by atoms with E-state index in [0.29, 0.717) is 5.92 Å². The monoisotopic (exact) mass is 368 g/mol. The smallest absolute Gasteiger partial charge is 0.267 e. The van der Waals surface area contributed by atoms with Gasteiger partial charge in [0.15, 0.2) is 0 Å². The van der Waals surface area contributed by atoms with Crippen molar-refractivity contribution < 1.29 is 4.52 Å².